The van der Waals surface area contributed by atoms with Crippen LogP contribution in [0.2, 0.25) is 5.02 Å². The zero-order valence-electron chi connectivity index (χ0n) is 20.4. The molecule has 0 aromatic heterocycles. The molecule has 0 radical (unpaired) electrons. The van der Waals surface area contributed by atoms with Gasteiger partial charge in [0, 0.05) is 41.9 Å². The highest BCUT2D eigenvalue weighted by Gasteiger charge is 2.25. The van der Waals surface area contributed by atoms with Crippen molar-refractivity contribution >= 4 is 47.2 Å². The minimum Gasteiger partial charge on any atom is -0.478 e. The zero-order valence-corrected chi connectivity index (χ0v) is 21.1. The normalized spacial score (nSPS) is 12.3. The Morgan fingerprint density at radius 2 is 1.95 bits per heavy atom. The fourth-order valence-corrected chi connectivity index (χ4v) is 3.72. The van der Waals surface area contributed by atoms with Gasteiger partial charge in [-0.25, -0.2) is 9.59 Å². The number of carbonyl (C=O) groups excluding carboxylic acids is 3. The third-order valence-electron chi connectivity index (χ3n) is 5.07. The van der Waals surface area contributed by atoms with Gasteiger partial charge in [0.1, 0.15) is 6.26 Å². The topological polar surface area (TPSA) is 122 Å². The van der Waals surface area contributed by atoms with Gasteiger partial charge in [-0.05, 0) is 49.7 Å². The number of ether oxygens (including phenoxy) is 2. The molecule has 0 atom stereocenters. The standard InChI is InChI=1S/C23H25ClN2O3.C4H4O4/c1-2-29-23(28)9-5-12-25-13-6-14-26-20-8-4-3-7-17(20)15-22(27)19-11-10-18(24)16-21(19)26;5-3-8-2-1-4(6)7/h3-5,7-11,16,25H,2,6,12-15H2,1H3;1-3H,(H,6,7)/b9-5+;2-1-. The number of fused-ring (bicyclic) bond motifs is 2. The van der Waals surface area contributed by atoms with Gasteiger partial charge < -0.3 is 24.8 Å². The van der Waals surface area contributed by atoms with Crippen molar-refractivity contribution in [1.29, 1.82) is 0 Å². The van der Waals surface area contributed by atoms with E-state index < -0.39 is 5.97 Å². The van der Waals surface area contributed by atoms with E-state index in [1.165, 1.54) is 6.08 Å². The SMILES string of the molecule is CCOC(=O)/C=C/CNCCCN1c2ccccc2CC(=O)c2ccc(Cl)cc21.O=CO/C=C\C(=O)O. The summed E-state index contributed by atoms with van der Waals surface area (Å²) in [5, 5.41) is 11.8. The number of para-hydroxylation sites is 1. The van der Waals surface area contributed by atoms with E-state index in [9.17, 15) is 19.2 Å². The maximum absolute atomic E-state index is 12.7. The highest BCUT2D eigenvalue weighted by atomic mass is 35.5. The number of hydrogen-bond acceptors (Lipinski definition) is 8. The molecule has 196 valence electrons. The largest absolute Gasteiger partial charge is 0.478 e. The van der Waals surface area contributed by atoms with Gasteiger partial charge in [-0.15, -0.1) is 0 Å². The third-order valence-corrected chi connectivity index (χ3v) is 5.30. The van der Waals surface area contributed by atoms with Crippen LogP contribution in [0.1, 0.15) is 29.3 Å². The van der Waals surface area contributed by atoms with E-state index in [-0.39, 0.29) is 18.2 Å². The molecule has 2 aromatic carbocycles. The van der Waals surface area contributed by atoms with Crippen molar-refractivity contribution in [2.45, 2.75) is 19.8 Å². The molecule has 1 aliphatic heterocycles. The molecule has 9 nitrogen and oxygen atoms in total. The number of benzene rings is 2. The number of carbonyl (C=O) groups is 4. The molecule has 0 spiro atoms. The third kappa shape index (κ3) is 9.91. The lowest BCUT2D eigenvalue weighted by molar-refractivity contribution is -0.137. The number of nitrogens with one attached hydrogen (secondary N) is 1. The Bertz CT molecular complexity index is 1150. The lowest BCUT2D eigenvalue weighted by Crippen LogP contribution is -2.24. The Kier molecular flexibility index (Phi) is 12.6. The van der Waals surface area contributed by atoms with E-state index in [4.69, 9.17) is 21.4 Å². The number of esters is 1. The first-order chi connectivity index (χ1) is 17.9. The summed E-state index contributed by atoms with van der Waals surface area (Å²) in [5.74, 6) is -1.37. The van der Waals surface area contributed by atoms with Gasteiger partial charge in [0.25, 0.3) is 6.47 Å². The molecule has 2 N–H and O–H groups in total. The number of halogens is 1. The predicted octanol–water partition coefficient (Wildman–Crippen LogP) is 4.07. The van der Waals surface area contributed by atoms with Crippen molar-refractivity contribution in [3.63, 3.8) is 0 Å². The second-order valence-corrected chi connectivity index (χ2v) is 8.06. The van der Waals surface area contributed by atoms with Crippen LogP contribution in [0.3, 0.4) is 0 Å². The van der Waals surface area contributed by atoms with Crippen molar-refractivity contribution < 1.29 is 33.8 Å². The monoisotopic (exact) mass is 528 g/mol. The highest BCUT2D eigenvalue weighted by Crippen LogP contribution is 2.37. The second-order valence-electron chi connectivity index (χ2n) is 7.63. The molecule has 37 heavy (non-hydrogen) atoms. The van der Waals surface area contributed by atoms with Crippen LogP contribution in [-0.2, 0) is 30.3 Å². The van der Waals surface area contributed by atoms with Crippen LogP contribution < -0.4 is 10.2 Å². The molecule has 10 heteroatoms. The molecule has 3 rings (SSSR count). The number of hydrogen-bond donors (Lipinski definition) is 2. The van der Waals surface area contributed by atoms with E-state index in [1.54, 1.807) is 19.1 Å². The molecular weight excluding hydrogens is 500 g/mol. The lowest BCUT2D eigenvalue weighted by Gasteiger charge is -2.27. The number of rotatable bonds is 11. The molecule has 0 saturated carbocycles. The first kappa shape index (κ1) is 29.3. The van der Waals surface area contributed by atoms with Crippen LogP contribution in [0.15, 0.2) is 67.0 Å². The minimum absolute atomic E-state index is 0.105. The van der Waals surface area contributed by atoms with Gasteiger partial charge in [0.2, 0.25) is 0 Å². The number of anilines is 2. The van der Waals surface area contributed by atoms with Crippen LogP contribution in [0.5, 0.6) is 0 Å². The van der Waals surface area contributed by atoms with Crippen molar-refractivity contribution in [3.8, 4) is 0 Å². The van der Waals surface area contributed by atoms with Crippen LogP contribution in [-0.4, -0.2) is 55.5 Å². The Hall–Kier alpha value is -3.95. The van der Waals surface area contributed by atoms with Crippen LogP contribution in [0.4, 0.5) is 11.4 Å². The molecule has 0 fully saturated rings. The molecule has 0 aliphatic carbocycles. The fourth-order valence-electron chi connectivity index (χ4n) is 3.55. The Labute approximate surface area is 220 Å². The maximum atomic E-state index is 12.7. The molecule has 2 aromatic rings. The van der Waals surface area contributed by atoms with Gasteiger partial charge in [-0.3, -0.25) is 9.59 Å². The molecule has 0 amide bonds. The molecule has 1 heterocycles. The number of carboxylic acid groups (broad SMARTS) is 1. The van der Waals surface area contributed by atoms with Crippen molar-refractivity contribution in [2.75, 3.05) is 31.1 Å². The number of nitrogens with zero attached hydrogens (tertiary/aromatic N) is 1. The van der Waals surface area contributed by atoms with E-state index in [2.05, 4.69) is 15.0 Å². The number of carboxylic acids is 1. The average molecular weight is 529 g/mol. The van der Waals surface area contributed by atoms with Crippen LogP contribution in [0, 0.1) is 0 Å². The lowest BCUT2D eigenvalue weighted by atomic mass is 10.0. The van der Waals surface area contributed by atoms with Crippen molar-refractivity contribution in [2.24, 2.45) is 0 Å². The summed E-state index contributed by atoms with van der Waals surface area (Å²) >= 11 is 6.24. The number of ketones is 1. The summed E-state index contributed by atoms with van der Waals surface area (Å²) in [5.41, 5.74) is 3.63. The predicted molar refractivity (Wildman–Crippen MR) is 140 cm³/mol. The van der Waals surface area contributed by atoms with Crippen molar-refractivity contribution in [1.82, 2.24) is 5.32 Å². The Balaban J connectivity index is 0.000000521. The first-order valence-corrected chi connectivity index (χ1v) is 12.0. The molecule has 0 saturated heterocycles. The first-order valence-electron chi connectivity index (χ1n) is 11.6. The van der Waals surface area contributed by atoms with E-state index in [1.807, 2.05) is 36.4 Å². The van der Waals surface area contributed by atoms with Gasteiger partial charge in [-0.2, -0.15) is 0 Å². The summed E-state index contributed by atoms with van der Waals surface area (Å²) in [6.07, 6.45) is 5.95. The van der Waals surface area contributed by atoms with Crippen LogP contribution in [0.25, 0.3) is 0 Å². The second kappa shape index (κ2) is 15.9. The van der Waals surface area contributed by atoms with Crippen LogP contribution >= 0.6 is 11.6 Å². The summed E-state index contributed by atoms with van der Waals surface area (Å²) in [6, 6.07) is 13.5. The quantitative estimate of drug-likeness (QED) is 0.146. The maximum Gasteiger partial charge on any atom is 0.331 e. The van der Waals surface area contributed by atoms with E-state index >= 15 is 0 Å². The van der Waals surface area contributed by atoms with E-state index in [0.29, 0.717) is 36.2 Å². The summed E-state index contributed by atoms with van der Waals surface area (Å²) in [7, 11) is 0. The minimum atomic E-state index is -1.15. The number of Topliss-reactive ketones (excluding diaryl/α,β-unsaturated/α-hetero) is 1. The highest BCUT2D eigenvalue weighted by molar-refractivity contribution is 6.31. The molecule has 0 bridgehead atoms. The molecule has 0 unspecified atom stereocenters. The van der Waals surface area contributed by atoms with Gasteiger partial charge in [0.05, 0.1) is 18.4 Å². The van der Waals surface area contributed by atoms with Gasteiger partial charge in [0.15, 0.2) is 5.78 Å². The van der Waals surface area contributed by atoms with Gasteiger partial charge >= 0.3 is 11.9 Å². The van der Waals surface area contributed by atoms with Gasteiger partial charge in [-0.1, -0.05) is 35.9 Å². The summed E-state index contributed by atoms with van der Waals surface area (Å²) in [6.45, 7) is 4.41. The fraction of sp³-hybridized carbons (Fsp3) is 0.259. The Morgan fingerprint density at radius 3 is 2.68 bits per heavy atom. The molecule has 1 aliphatic rings. The summed E-state index contributed by atoms with van der Waals surface area (Å²) < 4.78 is 8.75. The summed E-state index contributed by atoms with van der Waals surface area (Å²) in [4.78, 5) is 45.1. The Morgan fingerprint density at radius 1 is 1.16 bits per heavy atom. The number of aliphatic carboxylic acids is 1. The molecular formula is C27H29ClN2O7. The smallest absolute Gasteiger partial charge is 0.331 e. The average Bonchev–Trinajstić information content (AvgIpc) is 2.97. The van der Waals surface area contributed by atoms with Crippen molar-refractivity contribution in [3.05, 3.63) is 83.1 Å². The van der Waals surface area contributed by atoms with E-state index in [0.717, 1.165) is 42.7 Å². The zero-order chi connectivity index (χ0) is 27.0.